The quantitative estimate of drug-likeness (QED) is 0.829. The van der Waals surface area contributed by atoms with Crippen LogP contribution < -0.4 is 10.6 Å². The summed E-state index contributed by atoms with van der Waals surface area (Å²) in [5, 5.41) is 4.89. The lowest BCUT2D eigenvalue weighted by atomic mass is 10.2. The van der Waals surface area contributed by atoms with Crippen LogP contribution in [0.25, 0.3) is 6.08 Å². The first-order valence-corrected chi connectivity index (χ1v) is 6.56. The number of amides is 2. The normalized spacial score (nSPS) is 10.4. The van der Waals surface area contributed by atoms with Crippen LogP contribution in [0.5, 0.6) is 0 Å². The number of carbonyl (C=O) groups excluding carboxylic acids is 2. The molecule has 0 bridgehead atoms. The molecule has 0 fully saturated rings. The van der Waals surface area contributed by atoms with Gasteiger partial charge >= 0.3 is 0 Å². The molecule has 2 amide bonds. The average Bonchev–Trinajstić information content (AvgIpc) is 2.54. The van der Waals surface area contributed by atoms with Gasteiger partial charge in [0, 0.05) is 6.08 Å². The van der Waals surface area contributed by atoms with Gasteiger partial charge in [0.1, 0.15) is 11.6 Å². The minimum Gasteiger partial charge on any atom is -0.343 e. The van der Waals surface area contributed by atoms with E-state index < -0.39 is 11.7 Å². The van der Waals surface area contributed by atoms with Gasteiger partial charge < -0.3 is 10.6 Å². The predicted octanol–water partition coefficient (Wildman–Crippen LogP) is 1.99. The van der Waals surface area contributed by atoms with Gasteiger partial charge in [-0.3, -0.25) is 9.59 Å². The van der Waals surface area contributed by atoms with Crippen LogP contribution in [0.15, 0.2) is 54.7 Å². The number of pyridine rings is 1. The molecule has 0 atom stereocenters. The van der Waals surface area contributed by atoms with Gasteiger partial charge in [-0.05, 0) is 23.8 Å². The van der Waals surface area contributed by atoms with Gasteiger partial charge in [-0.2, -0.15) is 0 Å². The third-order valence-electron chi connectivity index (χ3n) is 2.64. The number of hydrogen-bond donors (Lipinski definition) is 2. The third kappa shape index (κ3) is 5.16. The first-order valence-electron chi connectivity index (χ1n) is 6.56. The molecule has 6 heteroatoms. The van der Waals surface area contributed by atoms with Crippen molar-refractivity contribution in [3.63, 3.8) is 0 Å². The van der Waals surface area contributed by atoms with Gasteiger partial charge in [0.05, 0.1) is 12.7 Å². The lowest BCUT2D eigenvalue weighted by Crippen LogP contribution is -2.31. The molecule has 0 radical (unpaired) electrons. The molecule has 5 nitrogen and oxygen atoms in total. The molecular weight excluding hydrogens is 285 g/mol. The van der Waals surface area contributed by atoms with Crippen molar-refractivity contribution in [3.8, 4) is 0 Å². The minimum atomic E-state index is -0.489. The Kier molecular flexibility index (Phi) is 5.37. The monoisotopic (exact) mass is 299 g/mol. The molecule has 112 valence electrons. The van der Waals surface area contributed by atoms with Gasteiger partial charge in [0.2, 0.25) is 11.8 Å². The molecule has 1 aromatic carbocycles. The molecule has 0 spiro atoms. The molecule has 0 saturated carbocycles. The summed E-state index contributed by atoms with van der Waals surface area (Å²) in [6.45, 7) is -0.197. The van der Waals surface area contributed by atoms with Crippen molar-refractivity contribution in [2.24, 2.45) is 0 Å². The fraction of sp³-hybridized carbons (Fsp3) is 0.0625. The van der Waals surface area contributed by atoms with E-state index in [0.29, 0.717) is 0 Å². The van der Waals surface area contributed by atoms with Crippen molar-refractivity contribution in [3.05, 3.63) is 66.1 Å². The van der Waals surface area contributed by atoms with Gasteiger partial charge in [-0.1, -0.05) is 30.3 Å². The topological polar surface area (TPSA) is 71.1 Å². The summed E-state index contributed by atoms with van der Waals surface area (Å²) in [4.78, 5) is 26.9. The molecule has 2 aromatic rings. The molecule has 2 rings (SSSR count). The zero-order valence-corrected chi connectivity index (χ0v) is 11.6. The van der Waals surface area contributed by atoms with E-state index in [-0.39, 0.29) is 18.3 Å². The van der Waals surface area contributed by atoms with E-state index in [1.165, 1.54) is 18.2 Å². The molecule has 0 aliphatic heterocycles. The molecule has 1 heterocycles. The van der Waals surface area contributed by atoms with E-state index in [4.69, 9.17) is 0 Å². The molecule has 0 unspecified atom stereocenters. The van der Waals surface area contributed by atoms with Crippen molar-refractivity contribution in [2.45, 2.75) is 0 Å². The zero-order valence-electron chi connectivity index (χ0n) is 11.6. The Morgan fingerprint density at radius 2 is 1.91 bits per heavy atom. The summed E-state index contributed by atoms with van der Waals surface area (Å²) in [6, 6.07) is 11.8. The Morgan fingerprint density at radius 3 is 2.59 bits per heavy atom. The standard InChI is InChI=1S/C16H14FN3O2/c17-13-7-8-14(18-10-13)20-16(22)11-19-15(21)9-6-12-4-2-1-3-5-12/h1-10H,11H2,(H,19,21)(H,18,20,22). The van der Waals surface area contributed by atoms with E-state index in [1.54, 1.807) is 6.08 Å². The van der Waals surface area contributed by atoms with E-state index in [2.05, 4.69) is 15.6 Å². The molecule has 2 N–H and O–H groups in total. The second kappa shape index (κ2) is 7.68. The van der Waals surface area contributed by atoms with Crippen LogP contribution in [0.4, 0.5) is 10.2 Å². The van der Waals surface area contributed by atoms with E-state index in [1.807, 2.05) is 30.3 Å². The van der Waals surface area contributed by atoms with Gasteiger partial charge in [-0.15, -0.1) is 0 Å². The number of aromatic nitrogens is 1. The number of nitrogens with zero attached hydrogens (tertiary/aromatic N) is 1. The van der Waals surface area contributed by atoms with Crippen LogP contribution in [0.2, 0.25) is 0 Å². The highest BCUT2D eigenvalue weighted by atomic mass is 19.1. The minimum absolute atomic E-state index is 0.197. The predicted molar refractivity (Wildman–Crippen MR) is 81.3 cm³/mol. The number of rotatable bonds is 5. The molecule has 0 aliphatic carbocycles. The average molecular weight is 299 g/mol. The number of halogens is 1. The summed E-state index contributed by atoms with van der Waals surface area (Å²) in [7, 11) is 0. The van der Waals surface area contributed by atoms with Crippen molar-refractivity contribution in [1.82, 2.24) is 10.3 Å². The summed E-state index contributed by atoms with van der Waals surface area (Å²) in [5.41, 5.74) is 0.887. The van der Waals surface area contributed by atoms with Crippen molar-refractivity contribution in [2.75, 3.05) is 11.9 Å². The first-order chi connectivity index (χ1) is 10.6. The Morgan fingerprint density at radius 1 is 1.14 bits per heavy atom. The summed E-state index contributed by atoms with van der Waals surface area (Å²) >= 11 is 0. The fourth-order valence-corrected chi connectivity index (χ4v) is 1.60. The number of carbonyl (C=O) groups is 2. The van der Waals surface area contributed by atoms with E-state index in [0.717, 1.165) is 11.8 Å². The Bertz CT molecular complexity index is 670. The fourth-order valence-electron chi connectivity index (χ4n) is 1.60. The van der Waals surface area contributed by atoms with Crippen molar-refractivity contribution < 1.29 is 14.0 Å². The number of anilines is 1. The Labute approximate surface area is 126 Å². The Balaban J connectivity index is 1.77. The van der Waals surface area contributed by atoms with E-state index in [9.17, 15) is 14.0 Å². The lowest BCUT2D eigenvalue weighted by Gasteiger charge is -2.04. The smallest absolute Gasteiger partial charge is 0.244 e. The van der Waals surface area contributed by atoms with Crippen LogP contribution in [0.1, 0.15) is 5.56 Å². The second-order valence-electron chi connectivity index (χ2n) is 4.37. The van der Waals surface area contributed by atoms with Crippen LogP contribution in [0.3, 0.4) is 0 Å². The van der Waals surface area contributed by atoms with Crippen LogP contribution in [-0.2, 0) is 9.59 Å². The van der Waals surface area contributed by atoms with Crippen molar-refractivity contribution in [1.29, 1.82) is 0 Å². The lowest BCUT2D eigenvalue weighted by molar-refractivity contribution is -0.121. The van der Waals surface area contributed by atoms with Gasteiger partial charge in [0.25, 0.3) is 0 Å². The highest BCUT2D eigenvalue weighted by Crippen LogP contribution is 2.03. The largest absolute Gasteiger partial charge is 0.343 e. The number of hydrogen-bond acceptors (Lipinski definition) is 3. The molecule has 1 aromatic heterocycles. The van der Waals surface area contributed by atoms with Gasteiger partial charge in [0.15, 0.2) is 0 Å². The second-order valence-corrected chi connectivity index (χ2v) is 4.37. The zero-order chi connectivity index (χ0) is 15.8. The molecule has 22 heavy (non-hydrogen) atoms. The van der Waals surface area contributed by atoms with E-state index >= 15 is 0 Å². The highest BCUT2D eigenvalue weighted by molar-refractivity contribution is 5.97. The number of nitrogens with one attached hydrogen (secondary N) is 2. The molecular formula is C16H14FN3O2. The van der Waals surface area contributed by atoms with Crippen molar-refractivity contribution >= 4 is 23.7 Å². The first kappa shape index (κ1) is 15.4. The maximum absolute atomic E-state index is 12.7. The summed E-state index contributed by atoms with van der Waals surface area (Å²) in [5.74, 6) is -1.09. The third-order valence-corrected chi connectivity index (χ3v) is 2.64. The van der Waals surface area contributed by atoms with Crippen LogP contribution in [-0.4, -0.2) is 23.3 Å². The van der Waals surface area contributed by atoms with Gasteiger partial charge in [-0.25, -0.2) is 9.37 Å². The highest BCUT2D eigenvalue weighted by Gasteiger charge is 2.04. The summed E-state index contributed by atoms with van der Waals surface area (Å²) in [6.07, 6.45) is 3.99. The summed E-state index contributed by atoms with van der Waals surface area (Å²) < 4.78 is 12.7. The maximum atomic E-state index is 12.7. The Hall–Kier alpha value is -3.02. The SMILES string of the molecule is O=C(C=Cc1ccccc1)NCC(=O)Nc1ccc(F)cn1. The maximum Gasteiger partial charge on any atom is 0.244 e. The molecule has 0 saturated heterocycles. The molecule has 0 aliphatic rings. The number of benzene rings is 1. The van der Waals surface area contributed by atoms with Crippen LogP contribution >= 0.6 is 0 Å². The van der Waals surface area contributed by atoms with Crippen LogP contribution in [0, 0.1) is 5.82 Å².